The molecule has 1 atom stereocenters. The summed E-state index contributed by atoms with van der Waals surface area (Å²) in [4.78, 5) is 37.2. The molecule has 1 N–H and O–H groups in total. The molecule has 5 aromatic rings. The summed E-state index contributed by atoms with van der Waals surface area (Å²) < 4.78 is 17.4. The van der Waals surface area contributed by atoms with Crippen LogP contribution < -0.4 is 14.8 Å². The molecule has 0 aliphatic carbocycles. The van der Waals surface area contributed by atoms with Crippen LogP contribution in [0.3, 0.4) is 0 Å². The van der Waals surface area contributed by atoms with Crippen molar-refractivity contribution in [2.75, 3.05) is 20.0 Å². The first-order chi connectivity index (χ1) is 23.3. The van der Waals surface area contributed by atoms with Crippen molar-refractivity contribution in [2.24, 2.45) is 5.10 Å². The van der Waals surface area contributed by atoms with Crippen LogP contribution in [0.25, 0.3) is 5.69 Å². The molecule has 0 bridgehead atoms. The highest BCUT2D eigenvalue weighted by molar-refractivity contribution is 7.99. The van der Waals surface area contributed by atoms with Crippen molar-refractivity contribution in [3.05, 3.63) is 124 Å². The maximum Gasteiger partial charge on any atom is 0.287 e. The predicted molar refractivity (Wildman–Crippen MR) is 175 cm³/mol. The topological polar surface area (TPSA) is 167 Å². The van der Waals surface area contributed by atoms with Gasteiger partial charge in [-0.1, -0.05) is 23.9 Å². The highest BCUT2D eigenvalue weighted by Gasteiger charge is 2.33. The van der Waals surface area contributed by atoms with Gasteiger partial charge in [0.1, 0.15) is 11.5 Å². The van der Waals surface area contributed by atoms with Gasteiger partial charge in [0.05, 0.1) is 49.5 Å². The lowest BCUT2D eigenvalue weighted by atomic mass is 9.98. The molecule has 0 spiro atoms. The van der Waals surface area contributed by atoms with Crippen molar-refractivity contribution in [3.8, 4) is 17.2 Å². The van der Waals surface area contributed by atoms with E-state index < -0.39 is 10.8 Å². The van der Waals surface area contributed by atoms with Gasteiger partial charge in [-0.05, 0) is 71.8 Å². The summed E-state index contributed by atoms with van der Waals surface area (Å²) in [5.41, 5.74) is 2.94. The second kappa shape index (κ2) is 14.2. The molecule has 14 nitrogen and oxygen atoms in total. The average Bonchev–Trinajstić information content (AvgIpc) is 3.90. The van der Waals surface area contributed by atoms with Crippen LogP contribution in [0, 0.1) is 10.1 Å². The van der Waals surface area contributed by atoms with E-state index in [0.717, 1.165) is 28.6 Å². The number of thioether (sulfide) groups is 1. The van der Waals surface area contributed by atoms with Crippen molar-refractivity contribution in [3.63, 3.8) is 0 Å². The van der Waals surface area contributed by atoms with Crippen molar-refractivity contribution in [1.82, 2.24) is 25.1 Å². The molecular weight excluding hydrogens is 638 g/mol. The number of carbonyl (C=O) groups excluding carboxylic acids is 2. The van der Waals surface area contributed by atoms with E-state index in [1.54, 1.807) is 37.0 Å². The Morgan fingerprint density at radius 3 is 2.29 bits per heavy atom. The van der Waals surface area contributed by atoms with Crippen LogP contribution in [0.1, 0.15) is 40.0 Å². The number of aromatic nitrogens is 3. The summed E-state index contributed by atoms with van der Waals surface area (Å²) in [5.74, 6) is 1.12. The molecule has 48 heavy (non-hydrogen) atoms. The third kappa shape index (κ3) is 6.90. The number of benzene rings is 3. The number of ether oxygens (including phenoxy) is 2. The fraction of sp³-hybridized carbons (Fsp3) is 0.182. The quantitative estimate of drug-likeness (QED) is 0.106. The van der Waals surface area contributed by atoms with Gasteiger partial charge in [0, 0.05) is 24.2 Å². The SMILES string of the molecule is COc1ccc(C2=NN(C(=O)CSc3nnc(CNC(=O)c4ccco4)n3-c3ccc([N+](=O)[O-])cc3)C(c3ccc(OC)cc3)C2)cc1. The standard InChI is InChI=1S/C33H29N7O7S/c1-45-25-13-5-21(6-14-25)27-18-28(22-7-15-26(46-2)16-8-22)39(37-27)31(41)20-48-33-36-35-30(19-34-32(42)29-4-3-17-47-29)38(33)23-9-11-24(12-10-23)40(43)44/h3-17,28H,18-20H2,1-2H3,(H,34,42). The van der Waals surface area contributed by atoms with E-state index in [1.165, 1.54) is 29.5 Å². The zero-order valence-electron chi connectivity index (χ0n) is 25.8. The number of furan rings is 1. The van der Waals surface area contributed by atoms with E-state index in [0.29, 0.717) is 34.6 Å². The van der Waals surface area contributed by atoms with E-state index >= 15 is 0 Å². The highest BCUT2D eigenvalue weighted by Crippen LogP contribution is 2.35. The van der Waals surface area contributed by atoms with Crippen molar-refractivity contribution >= 4 is 35.0 Å². The number of nitro benzene ring substituents is 1. The second-order valence-electron chi connectivity index (χ2n) is 10.5. The Kier molecular flexibility index (Phi) is 9.47. The summed E-state index contributed by atoms with van der Waals surface area (Å²) in [6, 6.07) is 23.6. The first-order valence-electron chi connectivity index (χ1n) is 14.7. The highest BCUT2D eigenvalue weighted by atomic mass is 32.2. The zero-order chi connectivity index (χ0) is 33.6. The number of methoxy groups -OCH3 is 2. The molecule has 3 heterocycles. The van der Waals surface area contributed by atoms with Crippen LogP contribution in [-0.4, -0.2) is 62.2 Å². The van der Waals surface area contributed by atoms with Gasteiger partial charge in [-0.3, -0.25) is 24.3 Å². The lowest BCUT2D eigenvalue weighted by Crippen LogP contribution is -2.28. The Balaban J connectivity index is 1.26. The largest absolute Gasteiger partial charge is 0.497 e. The molecule has 0 saturated heterocycles. The van der Waals surface area contributed by atoms with Gasteiger partial charge in [0.2, 0.25) is 0 Å². The Hall–Kier alpha value is -5.96. The number of hydrogen-bond donors (Lipinski definition) is 1. The first kappa shape index (κ1) is 32.0. The molecule has 0 saturated carbocycles. The fourth-order valence-electron chi connectivity index (χ4n) is 5.12. The number of carbonyl (C=O) groups is 2. The Bertz CT molecular complexity index is 1940. The molecule has 1 unspecified atom stereocenters. The van der Waals surface area contributed by atoms with E-state index in [-0.39, 0.29) is 35.7 Å². The maximum absolute atomic E-state index is 13.9. The molecule has 6 rings (SSSR count). The van der Waals surface area contributed by atoms with Crippen molar-refractivity contribution in [2.45, 2.75) is 24.2 Å². The normalized spacial score (nSPS) is 14.0. The van der Waals surface area contributed by atoms with E-state index in [2.05, 4.69) is 15.5 Å². The monoisotopic (exact) mass is 667 g/mol. The maximum atomic E-state index is 13.9. The third-order valence-electron chi connectivity index (χ3n) is 7.59. The molecule has 15 heteroatoms. The lowest BCUT2D eigenvalue weighted by molar-refractivity contribution is -0.384. The Morgan fingerprint density at radius 2 is 1.67 bits per heavy atom. The van der Waals surface area contributed by atoms with Gasteiger partial charge in [-0.15, -0.1) is 10.2 Å². The molecule has 0 radical (unpaired) electrons. The molecule has 2 amide bonds. The summed E-state index contributed by atoms with van der Waals surface area (Å²) in [6.45, 7) is -0.0286. The average molecular weight is 668 g/mol. The second-order valence-corrected chi connectivity index (χ2v) is 11.4. The molecule has 1 aliphatic heterocycles. The van der Waals surface area contributed by atoms with E-state index in [1.807, 2.05) is 48.5 Å². The first-order valence-corrected chi connectivity index (χ1v) is 15.6. The van der Waals surface area contributed by atoms with Crippen LogP contribution >= 0.6 is 11.8 Å². The molecule has 244 valence electrons. The van der Waals surface area contributed by atoms with Crippen molar-refractivity contribution < 1.29 is 28.4 Å². The fourth-order valence-corrected chi connectivity index (χ4v) is 5.94. The number of amides is 2. The third-order valence-corrected chi connectivity index (χ3v) is 8.50. The minimum atomic E-state index is -0.495. The van der Waals surface area contributed by atoms with Crippen LogP contribution in [0.4, 0.5) is 5.69 Å². The van der Waals surface area contributed by atoms with Crippen LogP contribution in [-0.2, 0) is 11.3 Å². The van der Waals surface area contributed by atoms with Crippen LogP contribution in [0.15, 0.2) is 106 Å². The van der Waals surface area contributed by atoms with Gasteiger partial charge >= 0.3 is 0 Å². The van der Waals surface area contributed by atoms with E-state index in [4.69, 9.17) is 19.0 Å². The van der Waals surface area contributed by atoms with Crippen LogP contribution in [0.2, 0.25) is 0 Å². The predicted octanol–water partition coefficient (Wildman–Crippen LogP) is 5.19. The lowest BCUT2D eigenvalue weighted by Gasteiger charge is -2.22. The minimum absolute atomic E-state index is 0.0286. The zero-order valence-corrected chi connectivity index (χ0v) is 26.6. The summed E-state index contributed by atoms with van der Waals surface area (Å²) >= 11 is 1.13. The van der Waals surface area contributed by atoms with Crippen LogP contribution in [0.5, 0.6) is 11.5 Å². The number of nitrogens with one attached hydrogen (secondary N) is 1. The van der Waals surface area contributed by atoms with Gasteiger partial charge < -0.3 is 19.2 Å². The van der Waals surface area contributed by atoms with Gasteiger partial charge in [0.15, 0.2) is 16.7 Å². The molecule has 1 aliphatic rings. The Morgan fingerprint density at radius 1 is 0.979 bits per heavy atom. The number of non-ortho nitro benzene ring substituents is 1. The summed E-state index contributed by atoms with van der Waals surface area (Å²) in [5, 5.41) is 29.2. The number of hydrogen-bond acceptors (Lipinski definition) is 11. The number of nitro groups is 1. The number of rotatable bonds is 12. The molecule has 3 aromatic carbocycles. The van der Waals surface area contributed by atoms with Gasteiger partial charge in [0.25, 0.3) is 17.5 Å². The smallest absolute Gasteiger partial charge is 0.287 e. The molecular formula is C33H29N7O7S. The van der Waals surface area contributed by atoms with Gasteiger partial charge in [-0.25, -0.2) is 5.01 Å². The number of hydrazone groups is 1. The van der Waals surface area contributed by atoms with Crippen molar-refractivity contribution in [1.29, 1.82) is 0 Å². The molecule has 0 fully saturated rings. The molecule has 2 aromatic heterocycles. The Labute approximate surface area is 278 Å². The number of nitrogens with zero attached hydrogens (tertiary/aromatic N) is 6. The summed E-state index contributed by atoms with van der Waals surface area (Å²) in [6.07, 6.45) is 1.89. The van der Waals surface area contributed by atoms with E-state index in [9.17, 15) is 19.7 Å². The summed E-state index contributed by atoms with van der Waals surface area (Å²) in [7, 11) is 3.19. The van der Waals surface area contributed by atoms with Gasteiger partial charge in [-0.2, -0.15) is 5.10 Å². The minimum Gasteiger partial charge on any atom is -0.497 e.